The standard InChI is InChI=1S/C22H31N3O2/c1-4-15-27-17-20-11-6-5-10-19(20)16-25-22(23-2)24-14-13-18-9-7-8-12-21(18)26-3/h5-12H,4,13-17H2,1-3H3,(H2,23,24,25). The fourth-order valence-corrected chi connectivity index (χ4v) is 2.82. The van der Waals surface area contributed by atoms with Gasteiger partial charge in [0.2, 0.25) is 0 Å². The Balaban J connectivity index is 1.84. The average molecular weight is 370 g/mol. The van der Waals surface area contributed by atoms with Gasteiger partial charge in [-0.3, -0.25) is 4.99 Å². The molecule has 0 heterocycles. The summed E-state index contributed by atoms with van der Waals surface area (Å²) < 4.78 is 11.1. The minimum Gasteiger partial charge on any atom is -0.496 e. The highest BCUT2D eigenvalue weighted by Gasteiger charge is 2.05. The van der Waals surface area contributed by atoms with Gasteiger partial charge in [-0.05, 0) is 35.6 Å². The number of para-hydroxylation sites is 1. The van der Waals surface area contributed by atoms with E-state index in [9.17, 15) is 0 Å². The number of nitrogens with zero attached hydrogens (tertiary/aromatic N) is 1. The first-order chi connectivity index (χ1) is 13.3. The van der Waals surface area contributed by atoms with E-state index < -0.39 is 0 Å². The molecule has 0 unspecified atom stereocenters. The Kier molecular flexibility index (Phi) is 9.21. The molecule has 0 saturated heterocycles. The van der Waals surface area contributed by atoms with Crippen molar-refractivity contribution in [1.29, 1.82) is 0 Å². The van der Waals surface area contributed by atoms with Crippen LogP contribution in [0, 0.1) is 0 Å². The molecule has 2 aromatic carbocycles. The maximum atomic E-state index is 5.69. The number of guanidine groups is 1. The zero-order valence-corrected chi connectivity index (χ0v) is 16.6. The molecule has 5 nitrogen and oxygen atoms in total. The van der Waals surface area contributed by atoms with Crippen LogP contribution in [-0.2, 0) is 24.3 Å². The van der Waals surface area contributed by atoms with Crippen LogP contribution in [-0.4, -0.2) is 33.3 Å². The van der Waals surface area contributed by atoms with Gasteiger partial charge in [0.25, 0.3) is 0 Å². The van der Waals surface area contributed by atoms with Crippen LogP contribution < -0.4 is 15.4 Å². The van der Waals surface area contributed by atoms with Crippen molar-refractivity contribution >= 4 is 5.96 Å². The second kappa shape index (κ2) is 12.0. The first-order valence-electron chi connectivity index (χ1n) is 9.49. The van der Waals surface area contributed by atoms with Crippen molar-refractivity contribution < 1.29 is 9.47 Å². The number of hydrogen-bond acceptors (Lipinski definition) is 3. The van der Waals surface area contributed by atoms with E-state index in [0.717, 1.165) is 37.7 Å². The smallest absolute Gasteiger partial charge is 0.191 e. The Morgan fingerprint density at radius 3 is 2.37 bits per heavy atom. The summed E-state index contributed by atoms with van der Waals surface area (Å²) in [5, 5.41) is 6.75. The molecule has 5 heteroatoms. The molecule has 0 bridgehead atoms. The van der Waals surface area contributed by atoms with Crippen LogP contribution >= 0.6 is 0 Å². The van der Waals surface area contributed by atoms with Crippen molar-refractivity contribution in [1.82, 2.24) is 10.6 Å². The number of benzene rings is 2. The normalized spacial score (nSPS) is 11.3. The van der Waals surface area contributed by atoms with Gasteiger partial charge in [0, 0.05) is 26.7 Å². The predicted octanol–water partition coefficient (Wildman–Crippen LogP) is 3.53. The predicted molar refractivity (Wildman–Crippen MR) is 111 cm³/mol. The highest BCUT2D eigenvalue weighted by molar-refractivity contribution is 5.79. The van der Waals surface area contributed by atoms with Crippen LogP contribution in [0.25, 0.3) is 0 Å². The SMILES string of the molecule is CCCOCc1ccccc1CNC(=NC)NCCc1ccccc1OC. The number of rotatable bonds is 10. The fourth-order valence-electron chi connectivity index (χ4n) is 2.82. The Hall–Kier alpha value is -2.53. The van der Waals surface area contributed by atoms with Gasteiger partial charge in [0.1, 0.15) is 5.75 Å². The Morgan fingerprint density at radius 2 is 1.67 bits per heavy atom. The average Bonchev–Trinajstić information content (AvgIpc) is 2.72. The van der Waals surface area contributed by atoms with Crippen molar-refractivity contribution in [3.05, 3.63) is 65.2 Å². The highest BCUT2D eigenvalue weighted by Crippen LogP contribution is 2.17. The molecule has 2 aromatic rings. The summed E-state index contributed by atoms with van der Waals surface area (Å²) in [6.45, 7) is 5.04. The molecule has 0 spiro atoms. The molecule has 0 aromatic heterocycles. The fraction of sp³-hybridized carbons (Fsp3) is 0.409. The first-order valence-corrected chi connectivity index (χ1v) is 9.49. The summed E-state index contributed by atoms with van der Waals surface area (Å²) in [5.74, 6) is 1.71. The van der Waals surface area contributed by atoms with Crippen LogP contribution in [0.3, 0.4) is 0 Å². The Labute approximate surface area is 162 Å². The van der Waals surface area contributed by atoms with Crippen LogP contribution in [0.5, 0.6) is 5.75 Å². The summed E-state index contributed by atoms with van der Waals surface area (Å²) in [5.41, 5.74) is 3.62. The molecule has 0 fully saturated rings. The van der Waals surface area contributed by atoms with Crippen LogP contribution in [0.2, 0.25) is 0 Å². The summed E-state index contributed by atoms with van der Waals surface area (Å²) in [6.07, 6.45) is 1.90. The van der Waals surface area contributed by atoms with Gasteiger partial charge in [-0.2, -0.15) is 0 Å². The van der Waals surface area contributed by atoms with E-state index in [-0.39, 0.29) is 0 Å². The highest BCUT2D eigenvalue weighted by atomic mass is 16.5. The van der Waals surface area contributed by atoms with Crippen molar-refractivity contribution in [3.8, 4) is 5.75 Å². The van der Waals surface area contributed by atoms with Crippen molar-refractivity contribution in [2.45, 2.75) is 32.9 Å². The summed E-state index contributed by atoms with van der Waals surface area (Å²) >= 11 is 0. The third-order valence-corrected chi connectivity index (χ3v) is 4.27. The van der Waals surface area contributed by atoms with Gasteiger partial charge in [0.05, 0.1) is 13.7 Å². The van der Waals surface area contributed by atoms with E-state index in [0.29, 0.717) is 13.2 Å². The van der Waals surface area contributed by atoms with E-state index in [2.05, 4.69) is 52.9 Å². The third kappa shape index (κ3) is 6.94. The topological polar surface area (TPSA) is 54.9 Å². The molecule has 2 rings (SSSR count). The van der Waals surface area contributed by atoms with Crippen LogP contribution in [0.1, 0.15) is 30.0 Å². The van der Waals surface area contributed by atoms with E-state index in [1.165, 1.54) is 16.7 Å². The van der Waals surface area contributed by atoms with Gasteiger partial charge in [-0.1, -0.05) is 49.4 Å². The number of ether oxygens (including phenoxy) is 2. The quantitative estimate of drug-likeness (QED) is 0.382. The maximum absolute atomic E-state index is 5.69. The maximum Gasteiger partial charge on any atom is 0.191 e. The zero-order valence-electron chi connectivity index (χ0n) is 16.6. The van der Waals surface area contributed by atoms with Gasteiger partial charge in [-0.25, -0.2) is 0 Å². The lowest BCUT2D eigenvalue weighted by Gasteiger charge is -2.15. The lowest BCUT2D eigenvalue weighted by Crippen LogP contribution is -2.38. The number of aliphatic imine (C=N–C) groups is 1. The lowest BCUT2D eigenvalue weighted by molar-refractivity contribution is 0.121. The van der Waals surface area contributed by atoms with Gasteiger partial charge >= 0.3 is 0 Å². The van der Waals surface area contributed by atoms with Crippen molar-refractivity contribution in [3.63, 3.8) is 0 Å². The van der Waals surface area contributed by atoms with E-state index >= 15 is 0 Å². The zero-order chi connectivity index (χ0) is 19.3. The van der Waals surface area contributed by atoms with Crippen molar-refractivity contribution in [2.75, 3.05) is 27.3 Å². The monoisotopic (exact) mass is 369 g/mol. The lowest BCUT2D eigenvalue weighted by atomic mass is 10.1. The van der Waals surface area contributed by atoms with E-state index in [1.807, 2.05) is 18.2 Å². The molecule has 0 radical (unpaired) electrons. The molecule has 0 aliphatic carbocycles. The van der Waals surface area contributed by atoms with E-state index in [1.54, 1.807) is 14.2 Å². The molecule has 2 N–H and O–H groups in total. The third-order valence-electron chi connectivity index (χ3n) is 4.27. The molecule has 0 aliphatic rings. The molecule has 0 aliphatic heterocycles. The van der Waals surface area contributed by atoms with E-state index in [4.69, 9.17) is 9.47 Å². The summed E-state index contributed by atoms with van der Waals surface area (Å²) in [7, 11) is 3.49. The van der Waals surface area contributed by atoms with Gasteiger partial charge < -0.3 is 20.1 Å². The first kappa shape index (κ1) is 20.8. The van der Waals surface area contributed by atoms with Gasteiger partial charge in [-0.15, -0.1) is 0 Å². The molecule has 0 atom stereocenters. The second-order valence-electron chi connectivity index (χ2n) is 6.24. The molecular formula is C22H31N3O2. The summed E-state index contributed by atoms with van der Waals surface area (Å²) in [4.78, 5) is 4.31. The van der Waals surface area contributed by atoms with Gasteiger partial charge in [0.15, 0.2) is 5.96 Å². The second-order valence-corrected chi connectivity index (χ2v) is 6.24. The number of hydrogen-bond donors (Lipinski definition) is 2. The van der Waals surface area contributed by atoms with Crippen LogP contribution in [0.15, 0.2) is 53.5 Å². The molecule has 146 valence electrons. The minimum atomic E-state index is 0.644. The molecule has 27 heavy (non-hydrogen) atoms. The molecular weight excluding hydrogens is 338 g/mol. The number of nitrogens with one attached hydrogen (secondary N) is 2. The Bertz CT molecular complexity index is 716. The molecule has 0 amide bonds. The number of methoxy groups -OCH3 is 1. The Morgan fingerprint density at radius 1 is 0.963 bits per heavy atom. The van der Waals surface area contributed by atoms with Crippen LogP contribution in [0.4, 0.5) is 0 Å². The molecule has 0 saturated carbocycles. The largest absolute Gasteiger partial charge is 0.496 e. The van der Waals surface area contributed by atoms with Crippen molar-refractivity contribution in [2.24, 2.45) is 4.99 Å². The minimum absolute atomic E-state index is 0.644. The summed E-state index contributed by atoms with van der Waals surface area (Å²) in [6, 6.07) is 16.4.